The first kappa shape index (κ1) is 13.1. The molecule has 2 heterocycles. The number of carbonyl (C=O) groups is 2. The van der Waals surface area contributed by atoms with E-state index in [4.69, 9.17) is 0 Å². The van der Waals surface area contributed by atoms with E-state index in [2.05, 4.69) is 9.47 Å². The van der Waals surface area contributed by atoms with Crippen LogP contribution in [0.5, 0.6) is 0 Å². The summed E-state index contributed by atoms with van der Waals surface area (Å²) in [5.74, 6) is -1.02. The number of hydrogen-bond acceptors (Lipinski definition) is 6. The lowest BCUT2D eigenvalue weighted by molar-refractivity contribution is -0.138. The Labute approximate surface area is 113 Å². The Balaban J connectivity index is 2.26. The molecule has 1 aromatic rings. The highest BCUT2D eigenvalue weighted by Crippen LogP contribution is 2.53. The highest BCUT2D eigenvalue weighted by Gasteiger charge is 2.35. The van der Waals surface area contributed by atoms with Crippen molar-refractivity contribution in [3.63, 3.8) is 0 Å². The molecule has 0 atom stereocenters. The molecule has 0 radical (unpaired) electrons. The Morgan fingerprint density at radius 3 is 1.89 bits per heavy atom. The van der Waals surface area contributed by atoms with Gasteiger partial charge < -0.3 is 14.0 Å². The number of carbonyl (C=O) groups excluding carboxylic acids is 2. The molecule has 1 aromatic heterocycles. The number of hydrogen-bond donors (Lipinski definition) is 0. The zero-order valence-corrected chi connectivity index (χ0v) is 11.4. The molecule has 96 valence electrons. The van der Waals surface area contributed by atoms with E-state index in [-0.39, 0.29) is 4.71 Å². The molecule has 0 spiro atoms. The topological polar surface area (TPSA) is 57.5 Å². The summed E-state index contributed by atoms with van der Waals surface area (Å²) in [5.41, 5.74) is 0. The second-order valence-electron chi connectivity index (χ2n) is 3.31. The van der Waals surface area contributed by atoms with E-state index in [9.17, 15) is 9.59 Å². The largest absolute Gasteiger partial charge is 0.465 e. The molecule has 0 amide bonds. The van der Waals surface area contributed by atoms with Gasteiger partial charge in [-0.15, -0.1) is 0 Å². The van der Waals surface area contributed by atoms with Crippen molar-refractivity contribution < 1.29 is 19.1 Å². The molecule has 2 rings (SSSR count). The zero-order valence-electron chi connectivity index (χ0n) is 9.78. The summed E-state index contributed by atoms with van der Waals surface area (Å²) in [5, 5.41) is 0. The van der Waals surface area contributed by atoms with Crippen molar-refractivity contribution >= 4 is 35.5 Å². The monoisotopic (exact) mass is 285 g/mol. The third kappa shape index (κ3) is 2.41. The van der Waals surface area contributed by atoms with Crippen LogP contribution in [0.15, 0.2) is 34.3 Å². The molecule has 0 aromatic carbocycles. The van der Waals surface area contributed by atoms with E-state index in [1.54, 1.807) is 0 Å². The van der Waals surface area contributed by atoms with Crippen LogP contribution < -0.4 is 0 Å². The van der Waals surface area contributed by atoms with Crippen LogP contribution in [-0.4, -0.2) is 30.7 Å². The van der Waals surface area contributed by atoms with Crippen molar-refractivity contribution in [3.8, 4) is 0 Å². The van der Waals surface area contributed by atoms with Gasteiger partial charge in [0.25, 0.3) is 0 Å². The van der Waals surface area contributed by atoms with Gasteiger partial charge in [0, 0.05) is 12.4 Å². The fourth-order valence-corrected chi connectivity index (χ4v) is 4.14. The van der Waals surface area contributed by atoms with Crippen molar-refractivity contribution in [1.82, 2.24) is 4.57 Å². The molecule has 0 bridgehead atoms. The summed E-state index contributed by atoms with van der Waals surface area (Å²) in [7, 11) is 2.58. The molecule has 7 heteroatoms. The average Bonchev–Trinajstić information content (AvgIpc) is 3.04. The average molecular weight is 285 g/mol. The fraction of sp³-hybridized carbons (Fsp3) is 0.273. The van der Waals surface area contributed by atoms with Crippen LogP contribution in [0.2, 0.25) is 0 Å². The quantitative estimate of drug-likeness (QED) is 0.792. The van der Waals surface area contributed by atoms with E-state index >= 15 is 0 Å². The van der Waals surface area contributed by atoms with Crippen LogP contribution in [0.4, 0.5) is 0 Å². The molecular formula is C11H11NO4S2. The van der Waals surface area contributed by atoms with E-state index in [1.807, 2.05) is 29.1 Å². The lowest BCUT2D eigenvalue weighted by Gasteiger charge is -2.10. The van der Waals surface area contributed by atoms with Crippen LogP contribution in [0.3, 0.4) is 0 Å². The summed E-state index contributed by atoms with van der Waals surface area (Å²) >= 11 is 2.57. The number of aromatic nitrogens is 1. The van der Waals surface area contributed by atoms with Gasteiger partial charge in [0.05, 0.1) is 14.2 Å². The third-order valence-electron chi connectivity index (χ3n) is 2.26. The molecule has 0 N–H and O–H groups in total. The van der Waals surface area contributed by atoms with Crippen LogP contribution in [0.1, 0.15) is 4.71 Å². The first-order valence-corrected chi connectivity index (χ1v) is 6.80. The predicted octanol–water partition coefficient (Wildman–Crippen LogP) is 1.98. The number of methoxy groups -OCH3 is 2. The van der Waals surface area contributed by atoms with Gasteiger partial charge in [-0.05, 0) is 12.1 Å². The summed E-state index contributed by atoms with van der Waals surface area (Å²) in [4.78, 5) is 23.9. The fourth-order valence-electron chi connectivity index (χ4n) is 1.41. The summed E-state index contributed by atoms with van der Waals surface area (Å²) < 4.78 is 11.2. The summed E-state index contributed by atoms with van der Waals surface area (Å²) in [6, 6.07) is 3.77. The van der Waals surface area contributed by atoms with Gasteiger partial charge in [0.2, 0.25) is 0 Å². The predicted molar refractivity (Wildman–Crippen MR) is 69.7 cm³/mol. The molecule has 0 saturated heterocycles. The first-order chi connectivity index (χ1) is 8.67. The van der Waals surface area contributed by atoms with Gasteiger partial charge in [-0.3, -0.25) is 0 Å². The highest BCUT2D eigenvalue weighted by molar-refractivity contribution is 8.23. The maximum atomic E-state index is 11.6. The molecule has 5 nitrogen and oxygen atoms in total. The van der Waals surface area contributed by atoms with Gasteiger partial charge >= 0.3 is 11.9 Å². The standard InChI is InChI=1S/C11H11NO4S2/c1-15-9(13)7-8(10(14)16-2)18-11(17-7)12-5-3-4-6-12/h3-6,11H,1-2H3. The van der Waals surface area contributed by atoms with Crippen LogP contribution in [-0.2, 0) is 19.1 Å². The van der Waals surface area contributed by atoms with Gasteiger partial charge in [0.15, 0.2) is 0 Å². The van der Waals surface area contributed by atoms with E-state index in [0.717, 1.165) is 0 Å². The Bertz CT molecular complexity index is 467. The smallest absolute Gasteiger partial charge is 0.345 e. The Kier molecular flexibility index (Phi) is 4.03. The molecule has 0 saturated carbocycles. The minimum Gasteiger partial charge on any atom is -0.465 e. The number of ether oxygens (including phenoxy) is 2. The van der Waals surface area contributed by atoms with Crippen molar-refractivity contribution in [2.24, 2.45) is 0 Å². The maximum absolute atomic E-state index is 11.6. The summed E-state index contributed by atoms with van der Waals surface area (Å²) in [6.07, 6.45) is 3.75. The Hall–Kier alpha value is -1.34. The molecule has 0 fully saturated rings. The molecule has 1 aliphatic heterocycles. The maximum Gasteiger partial charge on any atom is 0.345 e. The SMILES string of the molecule is COC(=O)C1=C(C(=O)OC)SC(n2cccc2)S1. The minimum atomic E-state index is -0.512. The number of rotatable bonds is 3. The van der Waals surface area contributed by atoms with Crippen molar-refractivity contribution in [1.29, 1.82) is 0 Å². The number of nitrogens with zero attached hydrogens (tertiary/aromatic N) is 1. The normalized spacial score (nSPS) is 15.9. The molecule has 18 heavy (non-hydrogen) atoms. The van der Waals surface area contributed by atoms with Gasteiger partial charge in [-0.2, -0.15) is 0 Å². The minimum absolute atomic E-state index is 0.0943. The second-order valence-corrected chi connectivity index (χ2v) is 5.79. The highest BCUT2D eigenvalue weighted by atomic mass is 32.2. The van der Waals surface area contributed by atoms with Crippen LogP contribution in [0.25, 0.3) is 0 Å². The molecular weight excluding hydrogens is 274 g/mol. The molecule has 0 aliphatic carbocycles. The van der Waals surface area contributed by atoms with Crippen molar-refractivity contribution in [3.05, 3.63) is 34.3 Å². The van der Waals surface area contributed by atoms with Gasteiger partial charge in [-0.1, -0.05) is 23.5 Å². The van der Waals surface area contributed by atoms with Crippen molar-refractivity contribution in [2.75, 3.05) is 14.2 Å². The lowest BCUT2D eigenvalue weighted by Crippen LogP contribution is -2.08. The third-order valence-corrected chi connectivity index (χ3v) is 5.07. The zero-order chi connectivity index (χ0) is 13.1. The number of esters is 2. The molecule has 1 aliphatic rings. The van der Waals surface area contributed by atoms with E-state index in [0.29, 0.717) is 9.81 Å². The van der Waals surface area contributed by atoms with Crippen LogP contribution in [0, 0.1) is 0 Å². The second kappa shape index (κ2) is 5.53. The van der Waals surface area contributed by atoms with E-state index < -0.39 is 11.9 Å². The Morgan fingerprint density at radius 1 is 1.06 bits per heavy atom. The summed E-state index contributed by atoms with van der Waals surface area (Å²) in [6.45, 7) is 0. The first-order valence-electron chi connectivity index (χ1n) is 5.04. The van der Waals surface area contributed by atoms with E-state index in [1.165, 1.54) is 37.7 Å². The van der Waals surface area contributed by atoms with Gasteiger partial charge in [0.1, 0.15) is 14.5 Å². The lowest BCUT2D eigenvalue weighted by atomic mass is 10.5. The van der Waals surface area contributed by atoms with Gasteiger partial charge in [-0.25, -0.2) is 9.59 Å². The van der Waals surface area contributed by atoms with Crippen LogP contribution >= 0.6 is 23.5 Å². The Morgan fingerprint density at radius 2 is 1.50 bits per heavy atom. The molecule has 0 unspecified atom stereocenters. The number of thioether (sulfide) groups is 2. The van der Waals surface area contributed by atoms with Crippen molar-refractivity contribution in [2.45, 2.75) is 4.71 Å².